The maximum absolute atomic E-state index is 12.6. The Morgan fingerprint density at radius 2 is 1.76 bits per heavy atom. The van der Waals surface area contributed by atoms with E-state index in [4.69, 9.17) is 9.47 Å². The zero-order valence-electron chi connectivity index (χ0n) is 18.4. The molecular weight excluding hydrogens is 436 g/mol. The van der Waals surface area contributed by atoms with Crippen molar-refractivity contribution in [2.24, 2.45) is 0 Å². The summed E-state index contributed by atoms with van der Waals surface area (Å²) in [5.41, 5.74) is 4.53. The molecule has 0 aromatic heterocycles. The van der Waals surface area contributed by atoms with E-state index in [0.717, 1.165) is 22.3 Å². The number of rotatable bonds is 4. The van der Waals surface area contributed by atoms with Crippen LogP contribution in [-0.4, -0.2) is 65.9 Å². The van der Waals surface area contributed by atoms with Crippen LogP contribution < -0.4 is 5.32 Å². The van der Waals surface area contributed by atoms with E-state index in [1.54, 1.807) is 0 Å². The average molecular weight is 460 g/mol. The largest absolute Gasteiger partial charge is 0.480 e. The standard InChI is InChI=1S/C26H24N2O6/c29-24(28-21-11-13-33-23(21)14-22(28)25(30)31)10-5-12-27-26(32)34-15-20-18-8-3-1-6-16(18)17-7-2-4-9-19(17)20/h1-4,6-9,20-23H,11-15H2,(H,27,32)(H,30,31)/t21-,22?,23-/m1/s1. The fourth-order valence-corrected chi connectivity index (χ4v) is 5.21. The third-order valence-electron chi connectivity index (χ3n) is 6.70. The van der Waals surface area contributed by atoms with Crippen molar-refractivity contribution >= 4 is 18.0 Å². The number of carboxylic acid groups (broad SMARTS) is 1. The molecule has 2 saturated heterocycles. The Hall–Kier alpha value is -3.83. The molecule has 2 fully saturated rings. The summed E-state index contributed by atoms with van der Waals surface area (Å²) in [4.78, 5) is 37.6. The van der Waals surface area contributed by atoms with Crippen LogP contribution in [0.15, 0.2) is 48.5 Å². The maximum atomic E-state index is 12.6. The van der Waals surface area contributed by atoms with Crippen LogP contribution in [0.25, 0.3) is 11.1 Å². The van der Waals surface area contributed by atoms with Crippen LogP contribution in [0.3, 0.4) is 0 Å². The van der Waals surface area contributed by atoms with Crippen LogP contribution in [-0.2, 0) is 19.1 Å². The zero-order valence-corrected chi connectivity index (χ0v) is 18.4. The molecule has 2 aromatic rings. The van der Waals surface area contributed by atoms with Crippen molar-refractivity contribution in [3.8, 4) is 23.0 Å². The normalized spacial score (nSPS) is 22.2. The van der Waals surface area contributed by atoms with E-state index in [-0.39, 0.29) is 37.6 Å². The lowest BCUT2D eigenvalue weighted by Crippen LogP contribution is -2.44. The first kappa shape index (κ1) is 22.0. The van der Waals surface area contributed by atoms with Gasteiger partial charge in [-0.15, -0.1) is 0 Å². The first-order chi connectivity index (χ1) is 16.5. The lowest BCUT2D eigenvalue weighted by molar-refractivity contribution is -0.147. The highest BCUT2D eigenvalue weighted by molar-refractivity contribution is 5.97. The van der Waals surface area contributed by atoms with Crippen molar-refractivity contribution in [2.75, 3.05) is 19.8 Å². The molecule has 3 atom stereocenters. The highest BCUT2D eigenvalue weighted by atomic mass is 16.5. The van der Waals surface area contributed by atoms with Crippen LogP contribution in [0, 0.1) is 11.8 Å². The van der Waals surface area contributed by atoms with Crippen LogP contribution in [0.5, 0.6) is 0 Å². The van der Waals surface area contributed by atoms with E-state index in [2.05, 4.69) is 29.3 Å². The number of carboxylic acids is 1. The molecule has 2 N–H and O–H groups in total. The number of carbonyl (C=O) groups is 3. The summed E-state index contributed by atoms with van der Waals surface area (Å²) in [5.74, 6) is 3.37. The Balaban J connectivity index is 1.15. The van der Waals surface area contributed by atoms with E-state index >= 15 is 0 Å². The van der Waals surface area contributed by atoms with Crippen LogP contribution in [0.4, 0.5) is 4.79 Å². The number of carbonyl (C=O) groups excluding carboxylic acids is 2. The number of likely N-dealkylation sites (tertiary alicyclic amines) is 1. The second-order valence-corrected chi connectivity index (χ2v) is 8.55. The Labute approximate surface area is 196 Å². The Bertz CT molecular complexity index is 1150. The number of benzene rings is 2. The van der Waals surface area contributed by atoms with Gasteiger partial charge in [0, 0.05) is 18.9 Å². The number of hydrogen-bond acceptors (Lipinski definition) is 5. The molecule has 174 valence electrons. The lowest BCUT2D eigenvalue weighted by atomic mass is 9.98. The number of hydrogen-bond donors (Lipinski definition) is 2. The third-order valence-corrected chi connectivity index (χ3v) is 6.70. The number of amides is 2. The summed E-state index contributed by atoms with van der Waals surface area (Å²) in [6, 6.07) is 14.9. The summed E-state index contributed by atoms with van der Waals surface area (Å²) >= 11 is 0. The van der Waals surface area contributed by atoms with E-state index in [9.17, 15) is 19.5 Å². The fourth-order valence-electron chi connectivity index (χ4n) is 5.21. The van der Waals surface area contributed by atoms with Gasteiger partial charge in [-0.3, -0.25) is 4.79 Å². The second kappa shape index (κ2) is 9.20. The van der Waals surface area contributed by atoms with Crippen molar-refractivity contribution in [1.29, 1.82) is 0 Å². The zero-order chi connectivity index (χ0) is 23.7. The van der Waals surface area contributed by atoms with Gasteiger partial charge in [-0.25, -0.2) is 9.59 Å². The molecule has 0 saturated carbocycles. The number of nitrogens with one attached hydrogen (secondary N) is 1. The molecule has 1 aliphatic carbocycles. The SMILES string of the molecule is O=C(NCC#CC(=O)N1C(C(=O)O)C[C@H]2OCC[C@H]21)OCC1c2ccccc2-c2ccccc21. The van der Waals surface area contributed by atoms with Gasteiger partial charge in [0.25, 0.3) is 5.91 Å². The summed E-state index contributed by atoms with van der Waals surface area (Å²) in [6.45, 7) is 0.601. The van der Waals surface area contributed by atoms with Gasteiger partial charge < -0.3 is 24.8 Å². The average Bonchev–Trinajstić information content (AvgIpc) is 3.52. The van der Waals surface area contributed by atoms with E-state index in [1.165, 1.54) is 4.90 Å². The van der Waals surface area contributed by atoms with E-state index in [0.29, 0.717) is 13.0 Å². The Kier molecular flexibility index (Phi) is 5.95. The maximum Gasteiger partial charge on any atom is 0.407 e. The molecule has 1 unspecified atom stereocenters. The quantitative estimate of drug-likeness (QED) is 0.679. The molecule has 8 nitrogen and oxygen atoms in total. The van der Waals surface area contributed by atoms with Crippen molar-refractivity contribution in [3.63, 3.8) is 0 Å². The monoisotopic (exact) mass is 460 g/mol. The number of fused-ring (bicyclic) bond motifs is 4. The minimum absolute atomic E-state index is 0.0458. The molecule has 5 rings (SSSR count). The van der Waals surface area contributed by atoms with E-state index < -0.39 is 24.0 Å². The molecule has 2 amide bonds. The minimum Gasteiger partial charge on any atom is -0.480 e. The molecule has 8 heteroatoms. The summed E-state index contributed by atoms with van der Waals surface area (Å²) in [5, 5.41) is 12.0. The van der Waals surface area contributed by atoms with Crippen molar-refractivity contribution in [1.82, 2.24) is 10.2 Å². The summed E-state index contributed by atoms with van der Waals surface area (Å²) in [6.07, 6.45) is -0.0195. The van der Waals surface area contributed by atoms with Gasteiger partial charge in [0.05, 0.1) is 18.7 Å². The van der Waals surface area contributed by atoms with Crippen LogP contribution >= 0.6 is 0 Å². The molecule has 0 radical (unpaired) electrons. The molecule has 2 heterocycles. The minimum atomic E-state index is -1.06. The molecule has 0 bridgehead atoms. The second-order valence-electron chi connectivity index (χ2n) is 8.55. The smallest absolute Gasteiger partial charge is 0.407 e. The van der Waals surface area contributed by atoms with Crippen molar-refractivity contribution < 1.29 is 29.0 Å². The molecule has 2 aliphatic heterocycles. The van der Waals surface area contributed by atoms with Gasteiger partial charge in [-0.1, -0.05) is 54.5 Å². The Morgan fingerprint density at radius 1 is 1.09 bits per heavy atom. The fraction of sp³-hybridized carbons (Fsp3) is 0.346. The van der Waals surface area contributed by atoms with Gasteiger partial charge in [0.2, 0.25) is 0 Å². The summed E-state index contributed by atoms with van der Waals surface area (Å²) in [7, 11) is 0. The van der Waals surface area contributed by atoms with Gasteiger partial charge in [-0.05, 0) is 34.6 Å². The van der Waals surface area contributed by atoms with E-state index in [1.807, 2.05) is 36.4 Å². The van der Waals surface area contributed by atoms with Gasteiger partial charge >= 0.3 is 12.1 Å². The topological polar surface area (TPSA) is 105 Å². The van der Waals surface area contributed by atoms with Crippen LogP contribution in [0.2, 0.25) is 0 Å². The molecule has 3 aliphatic rings. The van der Waals surface area contributed by atoms with Gasteiger partial charge in [0.15, 0.2) is 0 Å². The summed E-state index contributed by atoms with van der Waals surface area (Å²) < 4.78 is 11.0. The van der Waals surface area contributed by atoms with Gasteiger partial charge in [-0.2, -0.15) is 0 Å². The number of ether oxygens (including phenoxy) is 2. The predicted molar refractivity (Wildman–Crippen MR) is 122 cm³/mol. The first-order valence-electron chi connectivity index (χ1n) is 11.3. The highest BCUT2D eigenvalue weighted by Crippen LogP contribution is 2.44. The van der Waals surface area contributed by atoms with Crippen molar-refractivity contribution in [2.45, 2.75) is 36.9 Å². The molecular formula is C26H24N2O6. The number of alkyl carbamates (subject to hydrolysis) is 1. The molecule has 34 heavy (non-hydrogen) atoms. The molecule has 2 aromatic carbocycles. The predicted octanol–water partition coefficient (Wildman–Crippen LogP) is 2.37. The third kappa shape index (κ3) is 3.99. The number of nitrogens with zero attached hydrogens (tertiary/aromatic N) is 1. The van der Waals surface area contributed by atoms with Crippen LogP contribution in [0.1, 0.15) is 29.9 Å². The highest BCUT2D eigenvalue weighted by Gasteiger charge is 2.49. The Morgan fingerprint density at radius 3 is 2.44 bits per heavy atom. The lowest BCUT2D eigenvalue weighted by Gasteiger charge is -2.24. The first-order valence-corrected chi connectivity index (χ1v) is 11.3. The van der Waals surface area contributed by atoms with Crippen molar-refractivity contribution in [3.05, 3.63) is 59.7 Å². The van der Waals surface area contributed by atoms with Gasteiger partial charge in [0.1, 0.15) is 12.6 Å². The number of aliphatic carboxylic acids is 1. The molecule has 0 spiro atoms.